The molecule has 17 heavy (non-hydrogen) atoms. The second-order valence-corrected chi connectivity index (χ2v) is 3.71. The summed E-state index contributed by atoms with van der Waals surface area (Å²) in [6, 6.07) is 2.96. The molecule has 1 atom stereocenters. The first-order chi connectivity index (χ1) is 7.76. The number of hydrogen-bond donors (Lipinski definition) is 3. The molecule has 0 radical (unpaired) electrons. The van der Waals surface area contributed by atoms with Gasteiger partial charge in [0.25, 0.3) is 0 Å². The van der Waals surface area contributed by atoms with Crippen LogP contribution in [-0.4, -0.2) is 21.5 Å². The number of hydrogen-bond acceptors (Lipinski definition) is 3. The number of benzene rings is 1. The standard InChI is InChI=1S/C11H13F3O3/c1-2-10(17,11(12,13)14)8-3-4-9(16)7(5-8)6-15/h3-5,15-17H,2,6H2,1H3. The monoisotopic (exact) mass is 250 g/mol. The summed E-state index contributed by atoms with van der Waals surface area (Å²) in [4.78, 5) is 0. The molecular formula is C11H13F3O3. The lowest BCUT2D eigenvalue weighted by Gasteiger charge is -2.30. The van der Waals surface area contributed by atoms with Crippen molar-refractivity contribution in [2.24, 2.45) is 0 Å². The zero-order valence-corrected chi connectivity index (χ0v) is 9.12. The minimum Gasteiger partial charge on any atom is -0.508 e. The smallest absolute Gasteiger partial charge is 0.421 e. The fourth-order valence-electron chi connectivity index (χ4n) is 1.54. The zero-order valence-electron chi connectivity index (χ0n) is 9.12. The molecule has 1 rings (SSSR count). The van der Waals surface area contributed by atoms with Crippen LogP contribution >= 0.6 is 0 Å². The Labute approximate surface area is 96.1 Å². The third-order valence-corrected chi connectivity index (χ3v) is 2.71. The average Bonchev–Trinajstić information content (AvgIpc) is 2.27. The van der Waals surface area contributed by atoms with Gasteiger partial charge >= 0.3 is 6.18 Å². The van der Waals surface area contributed by atoms with Crippen LogP contribution in [0.3, 0.4) is 0 Å². The predicted molar refractivity (Wildman–Crippen MR) is 54.3 cm³/mol. The van der Waals surface area contributed by atoms with E-state index < -0.39 is 30.4 Å². The van der Waals surface area contributed by atoms with Gasteiger partial charge in [0.1, 0.15) is 5.75 Å². The van der Waals surface area contributed by atoms with Gasteiger partial charge in [0.15, 0.2) is 5.60 Å². The van der Waals surface area contributed by atoms with E-state index in [4.69, 9.17) is 5.11 Å². The lowest BCUT2D eigenvalue weighted by molar-refractivity contribution is -0.267. The molecule has 0 aromatic heterocycles. The number of alkyl halides is 3. The number of rotatable bonds is 3. The minimum absolute atomic E-state index is 0.0568. The molecule has 0 aliphatic carbocycles. The Morgan fingerprint density at radius 2 is 1.82 bits per heavy atom. The van der Waals surface area contributed by atoms with Crippen molar-refractivity contribution in [1.29, 1.82) is 0 Å². The van der Waals surface area contributed by atoms with Crippen molar-refractivity contribution in [2.45, 2.75) is 31.7 Å². The highest BCUT2D eigenvalue weighted by Gasteiger charge is 2.53. The normalized spacial score (nSPS) is 15.6. The van der Waals surface area contributed by atoms with E-state index in [-0.39, 0.29) is 11.3 Å². The van der Waals surface area contributed by atoms with E-state index in [1.807, 2.05) is 0 Å². The summed E-state index contributed by atoms with van der Waals surface area (Å²) >= 11 is 0. The maximum Gasteiger partial charge on any atom is 0.421 e. The highest BCUT2D eigenvalue weighted by molar-refractivity contribution is 5.38. The average molecular weight is 250 g/mol. The van der Waals surface area contributed by atoms with Gasteiger partial charge in [0, 0.05) is 5.56 Å². The lowest BCUT2D eigenvalue weighted by atomic mass is 9.89. The number of aliphatic hydroxyl groups excluding tert-OH is 1. The lowest BCUT2D eigenvalue weighted by Crippen LogP contribution is -2.41. The van der Waals surface area contributed by atoms with E-state index >= 15 is 0 Å². The van der Waals surface area contributed by atoms with E-state index in [1.54, 1.807) is 0 Å². The topological polar surface area (TPSA) is 60.7 Å². The van der Waals surface area contributed by atoms with Crippen LogP contribution in [0.15, 0.2) is 18.2 Å². The van der Waals surface area contributed by atoms with Gasteiger partial charge in [-0.3, -0.25) is 0 Å². The highest BCUT2D eigenvalue weighted by atomic mass is 19.4. The van der Waals surface area contributed by atoms with Gasteiger partial charge in [-0.2, -0.15) is 13.2 Å². The first-order valence-corrected chi connectivity index (χ1v) is 4.98. The number of halogens is 3. The van der Waals surface area contributed by atoms with Gasteiger partial charge in [-0.25, -0.2) is 0 Å². The third kappa shape index (κ3) is 2.37. The summed E-state index contributed by atoms with van der Waals surface area (Å²) < 4.78 is 38.3. The molecule has 0 saturated carbocycles. The molecule has 1 unspecified atom stereocenters. The molecule has 0 heterocycles. The molecule has 0 aliphatic rings. The Balaban J connectivity index is 3.31. The second-order valence-electron chi connectivity index (χ2n) is 3.71. The van der Waals surface area contributed by atoms with E-state index in [9.17, 15) is 23.4 Å². The Kier molecular flexibility index (Phi) is 3.68. The summed E-state index contributed by atoms with van der Waals surface area (Å²) in [5, 5.41) is 27.8. The van der Waals surface area contributed by atoms with E-state index in [1.165, 1.54) is 6.92 Å². The Hall–Kier alpha value is -1.27. The maximum absolute atomic E-state index is 12.8. The number of aliphatic hydroxyl groups is 2. The largest absolute Gasteiger partial charge is 0.508 e. The first kappa shape index (κ1) is 13.8. The van der Waals surface area contributed by atoms with E-state index in [0.717, 1.165) is 18.2 Å². The van der Waals surface area contributed by atoms with Gasteiger partial charge in [-0.05, 0) is 24.1 Å². The van der Waals surface area contributed by atoms with Crippen LogP contribution in [-0.2, 0) is 12.2 Å². The molecule has 96 valence electrons. The molecule has 0 spiro atoms. The van der Waals surface area contributed by atoms with Crippen molar-refractivity contribution < 1.29 is 28.5 Å². The van der Waals surface area contributed by atoms with Gasteiger partial charge in [-0.15, -0.1) is 0 Å². The van der Waals surface area contributed by atoms with Crippen molar-refractivity contribution in [1.82, 2.24) is 0 Å². The summed E-state index contributed by atoms with van der Waals surface area (Å²) in [6.45, 7) is 0.607. The Morgan fingerprint density at radius 1 is 1.24 bits per heavy atom. The van der Waals surface area contributed by atoms with Crippen LogP contribution in [0.25, 0.3) is 0 Å². The summed E-state index contributed by atoms with van der Waals surface area (Å²) in [5.41, 5.74) is -3.42. The van der Waals surface area contributed by atoms with Gasteiger partial charge in [0.2, 0.25) is 0 Å². The van der Waals surface area contributed by atoms with Crippen LogP contribution in [0.4, 0.5) is 13.2 Å². The fourth-order valence-corrected chi connectivity index (χ4v) is 1.54. The van der Waals surface area contributed by atoms with Gasteiger partial charge in [-0.1, -0.05) is 13.0 Å². The SMILES string of the molecule is CCC(O)(c1ccc(O)c(CO)c1)C(F)(F)F. The van der Waals surface area contributed by atoms with Crippen molar-refractivity contribution in [3.63, 3.8) is 0 Å². The predicted octanol–water partition coefficient (Wildman–Crippen LogP) is 2.04. The number of aromatic hydroxyl groups is 1. The second kappa shape index (κ2) is 4.54. The molecule has 1 aromatic rings. The molecule has 0 aliphatic heterocycles. The summed E-state index contributed by atoms with van der Waals surface area (Å²) in [7, 11) is 0. The maximum atomic E-state index is 12.8. The Morgan fingerprint density at radius 3 is 2.24 bits per heavy atom. The Bertz CT molecular complexity index is 403. The van der Waals surface area contributed by atoms with Crippen LogP contribution in [0, 0.1) is 0 Å². The van der Waals surface area contributed by atoms with E-state index in [0.29, 0.717) is 0 Å². The molecule has 0 bridgehead atoms. The van der Waals surface area contributed by atoms with Crippen molar-refractivity contribution >= 4 is 0 Å². The van der Waals surface area contributed by atoms with Gasteiger partial charge in [0.05, 0.1) is 6.61 Å². The van der Waals surface area contributed by atoms with Crippen molar-refractivity contribution in [3.8, 4) is 5.75 Å². The molecule has 1 aromatic carbocycles. The van der Waals surface area contributed by atoms with Crippen LogP contribution in [0.5, 0.6) is 5.75 Å². The van der Waals surface area contributed by atoms with Crippen LogP contribution in [0.2, 0.25) is 0 Å². The zero-order chi connectivity index (χ0) is 13.3. The van der Waals surface area contributed by atoms with Crippen LogP contribution < -0.4 is 0 Å². The number of phenols is 1. The first-order valence-electron chi connectivity index (χ1n) is 4.98. The molecule has 3 N–H and O–H groups in total. The highest BCUT2D eigenvalue weighted by Crippen LogP contribution is 2.42. The van der Waals surface area contributed by atoms with Crippen molar-refractivity contribution in [3.05, 3.63) is 29.3 Å². The molecule has 0 amide bonds. The van der Waals surface area contributed by atoms with Gasteiger partial charge < -0.3 is 15.3 Å². The molecule has 0 saturated heterocycles. The third-order valence-electron chi connectivity index (χ3n) is 2.71. The van der Waals surface area contributed by atoms with Crippen LogP contribution in [0.1, 0.15) is 24.5 Å². The molecule has 3 nitrogen and oxygen atoms in total. The summed E-state index contributed by atoms with van der Waals surface area (Å²) in [6.07, 6.45) is -5.36. The minimum atomic E-state index is -4.81. The van der Waals surface area contributed by atoms with Crippen molar-refractivity contribution in [2.75, 3.05) is 0 Å². The molecule has 0 fully saturated rings. The molecular weight excluding hydrogens is 237 g/mol. The van der Waals surface area contributed by atoms with E-state index in [2.05, 4.69) is 0 Å². The molecule has 6 heteroatoms. The fraction of sp³-hybridized carbons (Fsp3) is 0.455. The summed E-state index contributed by atoms with van der Waals surface area (Å²) in [5.74, 6) is -0.308. The quantitative estimate of drug-likeness (QED) is 0.769.